The van der Waals surface area contributed by atoms with Crippen molar-refractivity contribution in [1.29, 1.82) is 0 Å². The first-order valence-electron chi connectivity index (χ1n) is 4.75. The zero-order valence-corrected chi connectivity index (χ0v) is 7.79. The fourth-order valence-electron chi connectivity index (χ4n) is 1.54. The van der Waals surface area contributed by atoms with Gasteiger partial charge in [-0.2, -0.15) is 0 Å². The molecular weight excluding hydrogens is 181 g/mol. The third-order valence-corrected chi connectivity index (χ3v) is 2.52. The summed E-state index contributed by atoms with van der Waals surface area (Å²) in [7, 11) is 0. The standard InChI is InChI=1S/C11H12FNO/c12-10-5-8(11(14)6-13)3-4-9(10)7-1-2-7/h3-5,7H,1-2,6,13H2. The molecular formula is C11H12FNO. The molecule has 1 aliphatic carbocycles. The van der Waals surface area contributed by atoms with Crippen molar-refractivity contribution in [2.75, 3.05) is 6.54 Å². The van der Waals surface area contributed by atoms with Crippen molar-refractivity contribution >= 4 is 5.78 Å². The van der Waals surface area contributed by atoms with Gasteiger partial charge in [0.15, 0.2) is 5.78 Å². The molecule has 1 aliphatic rings. The van der Waals surface area contributed by atoms with E-state index in [1.807, 2.05) is 0 Å². The minimum Gasteiger partial charge on any atom is -0.324 e. The predicted molar refractivity (Wildman–Crippen MR) is 51.8 cm³/mol. The summed E-state index contributed by atoms with van der Waals surface area (Å²) in [4.78, 5) is 11.2. The number of nitrogens with two attached hydrogens (primary N) is 1. The van der Waals surface area contributed by atoms with E-state index in [1.54, 1.807) is 12.1 Å². The lowest BCUT2D eigenvalue weighted by Gasteiger charge is -2.03. The van der Waals surface area contributed by atoms with Crippen LogP contribution >= 0.6 is 0 Å². The lowest BCUT2D eigenvalue weighted by Crippen LogP contribution is -2.13. The van der Waals surface area contributed by atoms with Crippen molar-refractivity contribution in [3.05, 3.63) is 35.1 Å². The molecule has 74 valence electrons. The number of hydrogen-bond donors (Lipinski definition) is 1. The van der Waals surface area contributed by atoms with Gasteiger partial charge in [0.25, 0.3) is 0 Å². The minimum absolute atomic E-state index is 0.0672. The highest BCUT2D eigenvalue weighted by Gasteiger charge is 2.26. The number of ketones is 1. The quantitative estimate of drug-likeness (QED) is 0.744. The second-order valence-electron chi connectivity index (χ2n) is 3.64. The first-order valence-corrected chi connectivity index (χ1v) is 4.75. The van der Waals surface area contributed by atoms with Crippen LogP contribution in [0, 0.1) is 5.82 Å². The Morgan fingerprint density at radius 1 is 1.50 bits per heavy atom. The van der Waals surface area contributed by atoms with Crippen LogP contribution in [0.4, 0.5) is 4.39 Å². The summed E-state index contributed by atoms with van der Waals surface area (Å²) in [6.07, 6.45) is 2.11. The van der Waals surface area contributed by atoms with Gasteiger partial charge in [-0.05, 0) is 30.4 Å². The first kappa shape index (κ1) is 9.34. The highest BCUT2D eigenvalue weighted by molar-refractivity contribution is 5.97. The van der Waals surface area contributed by atoms with E-state index in [9.17, 15) is 9.18 Å². The Bertz CT molecular complexity index is 372. The first-order chi connectivity index (χ1) is 6.72. The molecule has 0 aromatic heterocycles. The normalized spacial score (nSPS) is 15.6. The Hall–Kier alpha value is -1.22. The smallest absolute Gasteiger partial charge is 0.176 e. The fourth-order valence-corrected chi connectivity index (χ4v) is 1.54. The Balaban J connectivity index is 2.30. The maximum Gasteiger partial charge on any atom is 0.176 e. The van der Waals surface area contributed by atoms with Gasteiger partial charge in [0.2, 0.25) is 0 Å². The van der Waals surface area contributed by atoms with Gasteiger partial charge >= 0.3 is 0 Å². The van der Waals surface area contributed by atoms with Crippen molar-refractivity contribution in [3.63, 3.8) is 0 Å². The monoisotopic (exact) mass is 193 g/mol. The summed E-state index contributed by atoms with van der Waals surface area (Å²) >= 11 is 0. The number of Topliss-reactive ketones (excluding diaryl/α,β-unsaturated/α-hetero) is 1. The van der Waals surface area contributed by atoms with Gasteiger partial charge in [0, 0.05) is 5.56 Å². The van der Waals surface area contributed by atoms with Gasteiger partial charge < -0.3 is 5.73 Å². The van der Waals surface area contributed by atoms with Crippen LogP contribution in [0.25, 0.3) is 0 Å². The van der Waals surface area contributed by atoms with E-state index in [1.165, 1.54) is 6.07 Å². The molecule has 0 amide bonds. The molecule has 1 fully saturated rings. The third kappa shape index (κ3) is 1.68. The average Bonchev–Trinajstić information content (AvgIpc) is 3.00. The molecule has 0 saturated heterocycles. The number of carbonyl (C=O) groups is 1. The van der Waals surface area contributed by atoms with Crippen molar-refractivity contribution in [3.8, 4) is 0 Å². The van der Waals surface area contributed by atoms with Gasteiger partial charge in [-0.15, -0.1) is 0 Å². The molecule has 0 atom stereocenters. The second-order valence-corrected chi connectivity index (χ2v) is 3.64. The van der Waals surface area contributed by atoms with E-state index in [-0.39, 0.29) is 18.1 Å². The zero-order chi connectivity index (χ0) is 10.1. The molecule has 0 aliphatic heterocycles. The topological polar surface area (TPSA) is 43.1 Å². The molecule has 0 heterocycles. The summed E-state index contributed by atoms with van der Waals surface area (Å²) in [5.74, 6) is -0.116. The van der Waals surface area contributed by atoms with Crippen LogP contribution in [-0.2, 0) is 0 Å². The van der Waals surface area contributed by atoms with E-state index < -0.39 is 0 Å². The van der Waals surface area contributed by atoms with Crippen LogP contribution in [0.1, 0.15) is 34.7 Å². The number of rotatable bonds is 3. The summed E-state index contributed by atoms with van der Waals surface area (Å²) < 4.78 is 13.4. The Kier molecular flexibility index (Phi) is 2.33. The maximum absolute atomic E-state index is 13.4. The number of benzene rings is 1. The van der Waals surface area contributed by atoms with Crippen LogP contribution in [0.2, 0.25) is 0 Å². The lowest BCUT2D eigenvalue weighted by atomic mass is 10.0. The van der Waals surface area contributed by atoms with E-state index >= 15 is 0 Å². The molecule has 1 aromatic carbocycles. The predicted octanol–water partition coefficient (Wildman–Crippen LogP) is 1.84. The maximum atomic E-state index is 13.4. The van der Waals surface area contributed by atoms with E-state index in [0.29, 0.717) is 11.5 Å². The van der Waals surface area contributed by atoms with Crippen LogP contribution in [0.3, 0.4) is 0 Å². The average molecular weight is 193 g/mol. The Morgan fingerprint density at radius 3 is 2.71 bits per heavy atom. The van der Waals surface area contributed by atoms with E-state index in [4.69, 9.17) is 5.73 Å². The van der Waals surface area contributed by atoms with Crippen LogP contribution in [0.15, 0.2) is 18.2 Å². The number of hydrogen-bond acceptors (Lipinski definition) is 2. The van der Waals surface area contributed by atoms with Crippen molar-refractivity contribution in [2.24, 2.45) is 5.73 Å². The second kappa shape index (κ2) is 3.50. The molecule has 1 saturated carbocycles. The van der Waals surface area contributed by atoms with Crippen LogP contribution < -0.4 is 5.73 Å². The van der Waals surface area contributed by atoms with Gasteiger partial charge in [-0.3, -0.25) is 4.79 Å². The van der Waals surface area contributed by atoms with Crippen LogP contribution in [-0.4, -0.2) is 12.3 Å². The van der Waals surface area contributed by atoms with Gasteiger partial charge in [-0.1, -0.05) is 12.1 Å². The molecule has 2 nitrogen and oxygen atoms in total. The fraction of sp³-hybridized carbons (Fsp3) is 0.364. The SMILES string of the molecule is NCC(=O)c1ccc(C2CC2)c(F)c1. The number of halogens is 1. The molecule has 2 N–H and O–H groups in total. The third-order valence-electron chi connectivity index (χ3n) is 2.52. The largest absolute Gasteiger partial charge is 0.324 e. The summed E-state index contributed by atoms with van der Waals surface area (Å²) in [5, 5.41) is 0. The summed E-state index contributed by atoms with van der Waals surface area (Å²) in [6.45, 7) is -0.0672. The molecule has 0 spiro atoms. The minimum atomic E-state index is -0.271. The van der Waals surface area contributed by atoms with E-state index in [2.05, 4.69) is 0 Å². The highest BCUT2D eigenvalue weighted by atomic mass is 19.1. The van der Waals surface area contributed by atoms with E-state index in [0.717, 1.165) is 18.4 Å². The summed E-state index contributed by atoms with van der Waals surface area (Å²) in [6, 6.07) is 4.66. The molecule has 14 heavy (non-hydrogen) atoms. The number of carbonyl (C=O) groups excluding carboxylic acids is 1. The highest BCUT2D eigenvalue weighted by Crippen LogP contribution is 2.41. The Labute approximate surface area is 81.9 Å². The van der Waals surface area contributed by atoms with Crippen LogP contribution in [0.5, 0.6) is 0 Å². The molecule has 0 radical (unpaired) electrons. The van der Waals surface area contributed by atoms with Gasteiger partial charge in [0.05, 0.1) is 6.54 Å². The molecule has 2 rings (SSSR count). The Morgan fingerprint density at radius 2 is 2.21 bits per heavy atom. The van der Waals surface area contributed by atoms with Gasteiger partial charge in [0.1, 0.15) is 5.82 Å². The molecule has 1 aromatic rings. The summed E-state index contributed by atoms with van der Waals surface area (Å²) in [5.41, 5.74) is 6.30. The van der Waals surface area contributed by atoms with Crippen molar-refractivity contribution in [1.82, 2.24) is 0 Å². The zero-order valence-electron chi connectivity index (χ0n) is 7.79. The molecule has 0 bridgehead atoms. The lowest BCUT2D eigenvalue weighted by molar-refractivity contribution is 0.100. The van der Waals surface area contributed by atoms with Crippen molar-refractivity contribution < 1.29 is 9.18 Å². The molecule has 0 unspecified atom stereocenters. The van der Waals surface area contributed by atoms with Gasteiger partial charge in [-0.25, -0.2) is 4.39 Å². The van der Waals surface area contributed by atoms with Crippen molar-refractivity contribution in [2.45, 2.75) is 18.8 Å². The molecule has 3 heteroatoms.